The molecule has 4 rings (SSSR count). The topological polar surface area (TPSA) is 45.4 Å². The van der Waals surface area contributed by atoms with Gasteiger partial charge in [-0.3, -0.25) is 0 Å². The quantitative estimate of drug-likeness (QED) is 0.510. The van der Waals surface area contributed by atoms with Gasteiger partial charge in [-0.15, -0.1) is 0 Å². The van der Waals surface area contributed by atoms with Crippen molar-refractivity contribution in [3.63, 3.8) is 0 Å². The van der Waals surface area contributed by atoms with Crippen molar-refractivity contribution in [2.45, 2.75) is 0 Å². The maximum atomic E-state index is 10.5. The van der Waals surface area contributed by atoms with E-state index in [0.717, 1.165) is 27.5 Å². The molecule has 0 saturated heterocycles. The lowest BCUT2D eigenvalue weighted by atomic mass is 10.0. The van der Waals surface area contributed by atoms with E-state index in [4.69, 9.17) is 4.42 Å². The third-order valence-corrected chi connectivity index (χ3v) is 3.99. The number of rotatable bonds is 2. The number of hydrogen-bond acceptors (Lipinski definition) is 3. The van der Waals surface area contributed by atoms with Gasteiger partial charge in [-0.1, -0.05) is 48.5 Å². The van der Waals surface area contributed by atoms with Crippen LogP contribution in [-0.2, 0) is 0 Å². The third-order valence-electron chi connectivity index (χ3n) is 3.99. The molecule has 0 saturated carbocycles. The molecular weight excluding hydrogens is 274 g/mol. The first-order valence-corrected chi connectivity index (χ1v) is 7.20. The first-order valence-electron chi connectivity index (χ1n) is 7.20. The Labute approximate surface area is 127 Å². The first-order chi connectivity index (χ1) is 10.8. The molecule has 3 nitrogen and oxygen atoms in total. The summed E-state index contributed by atoms with van der Waals surface area (Å²) in [5.74, 6) is 0.226. The van der Waals surface area contributed by atoms with Crippen molar-refractivity contribution in [1.29, 1.82) is 0 Å². The van der Waals surface area contributed by atoms with Crippen LogP contribution in [0.1, 0.15) is 0 Å². The zero-order valence-corrected chi connectivity index (χ0v) is 12.1. The van der Waals surface area contributed by atoms with E-state index in [9.17, 15) is 5.11 Å². The van der Waals surface area contributed by atoms with Crippen LogP contribution in [-0.4, -0.2) is 12.2 Å². The number of aromatic hydroxyl groups is 1. The minimum absolute atomic E-state index is 0.226. The van der Waals surface area contributed by atoms with Gasteiger partial charge in [0.2, 0.25) is 0 Å². The molecule has 0 radical (unpaired) electrons. The third kappa shape index (κ3) is 1.76. The van der Waals surface area contributed by atoms with E-state index in [2.05, 4.69) is 17.4 Å². The number of phenols is 1. The fourth-order valence-electron chi connectivity index (χ4n) is 2.92. The summed E-state index contributed by atoms with van der Waals surface area (Å²) in [7, 11) is 1.79. The van der Waals surface area contributed by atoms with Crippen molar-refractivity contribution in [3.05, 3.63) is 60.7 Å². The summed E-state index contributed by atoms with van der Waals surface area (Å²) in [6, 6.07) is 19.8. The smallest absolute Gasteiger partial charge is 0.150 e. The molecule has 1 aromatic heterocycles. The number of para-hydroxylation sites is 1. The second-order valence-corrected chi connectivity index (χ2v) is 5.24. The highest BCUT2D eigenvalue weighted by atomic mass is 16.3. The number of fused-ring (bicyclic) bond motifs is 3. The molecule has 4 aromatic rings. The molecule has 0 amide bonds. The zero-order valence-electron chi connectivity index (χ0n) is 12.1. The Morgan fingerprint density at radius 3 is 2.50 bits per heavy atom. The molecule has 0 unspecified atom stereocenters. The summed E-state index contributed by atoms with van der Waals surface area (Å²) in [6.45, 7) is 0. The van der Waals surface area contributed by atoms with E-state index < -0.39 is 0 Å². The average Bonchev–Trinajstić information content (AvgIpc) is 2.95. The lowest BCUT2D eigenvalue weighted by Crippen LogP contribution is -1.87. The molecule has 0 fully saturated rings. The van der Waals surface area contributed by atoms with Crippen molar-refractivity contribution in [1.82, 2.24) is 0 Å². The zero-order chi connectivity index (χ0) is 15.1. The molecule has 3 heteroatoms. The SMILES string of the molecule is CNc1ccc2oc3c(-c4ccccc4)cccc3c2c1O. The predicted molar refractivity (Wildman–Crippen MR) is 90.4 cm³/mol. The summed E-state index contributed by atoms with van der Waals surface area (Å²) in [6.07, 6.45) is 0. The Hall–Kier alpha value is -2.94. The minimum Gasteiger partial charge on any atom is -0.505 e. The first kappa shape index (κ1) is 12.8. The van der Waals surface area contributed by atoms with Gasteiger partial charge in [0.25, 0.3) is 0 Å². The standard InChI is InChI=1S/C19H15NO2/c1-20-15-10-11-16-17(18(15)21)14-9-5-8-13(19(14)22-16)12-6-3-2-4-7-12/h2-11,20-21H,1H3. The molecule has 0 aliphatic rings. The average molecular weight is 289 g/mol. The van der Waals surface area contributed by atoms with E-state index in [1.807, 2.05) is 48.5 Å². The summed E-state index contributed by atoms with van der Waals surface area (Å²) in [4.78, 5) is 0. The van der Waals surface area contributed by atoms with Gasteiger partial charge < -0.3 is 14.8 Å². The van der Waals surface area contributed by atoms with Crippen LogP contribution >= 0.6 is 0 Å². The number of nitrogens with one attached hydrogen (secondary N) is 1. The Bertz CT molecular complexity index is 971. The van der Waals surface area contributed by atoms with Gasteiger partial charge in [-0.05, 0) is 17.7 Å². The van der Waals surface area contributed by atoms with Crippen molar-refractivity contribution in [2.75, 3.05) is 12.4 Å². The molecule has 0 aliphatic carbocycles. The largest absolute Gasteiger partial charge is 0.505 e. The maximum absolute atomic E-state index is 10.5. The van der Waals surface area contributed by atoms with E-state index >= 15 is 0 Å². The van der Waals surface area contributed by atoms with Gasteiger partial charge in [-0.25, -0.2) is 0 Å². The normalized spacial score (nSPS) is 11.1. The van der Waals surface area contributed by atoms with Gasteiger partial charge in [0.05, 0.1) is 11.1 Å². The maximum Gasteiger partial charge on any atom is 0.150 e. The van der Waals surface area contributed by atoms with Crippen molar-refractivity contribution >= 4 is 27.6 Å². The lowest BCUT2D eigenvalue weighted by Gasteiger charge is -2.04. The Morgan fingerprint density at radius 2 is 1.73 bits per heavy atom. The fourth-order valence-corrected chi connectivity index (χ4v) is 2.92. The number of phenolic OH excluding ortho intramolecular Hbond substituents is 1. The van der Waals surface area contributed by atoms with Gasteiger partial charge in [0.1, 0.15) is 16.9 Å². The van der Waals surface area contributed by atoms with Crippen LogP contribution in [0, 0.1) is 0 Å². The Morgan fingerprint density at radius 1 is 0.909 bits per heavy atom. The molecular formula is C19H15NO2. The van der Waals surface area contributed by atoms with E-state index in [0.29, 0.717) is 11.3 Å². The van der Waals surface area contributed by atoms with Gasteiger partial charge in [-0.2, -0.15) is 0 Å². The van der Waals surface area contributed by atoms with Gasteiger partial charge in [0, 0.05) is 18.0 Å². The Kier molecular flexibility index (Phi) is 2.79. The van der Waals surface area contributed by atoms with Crippen LogP contribution in [0.15, 0.2) is 65.1 Å². The highest BCUT2D eigenvalue weighted by molar-refractivity contribution is 6.13. The number of furan rings is 1. The van der Waals surface area contributed by atoms with Crippen LogP contribution in [0.5, 0.6) is 5.75 Å². The monoisotopic (exact) mass is 289 g/mol. The van der Waals surface area contributed by atoms with Crippen LogP contribution in [0.25, 0.3) is 33.1 Å². The molecule has 1 heterocycles. The van der Waals surface area contributed by atoms with E-state index in [-0.39, 0.29) is 5.75 Å². The Balaban J connectivity index is 2.11. The second kappa shape index (κ2) is 4.81. The highest BCUT2D eigenvalue weighted by Gasteiger charge is 2.16. The molecule has 3 aromatic carbocycles. The van der Waals surface area contributed by atoms with Crippen molar-refractivity contribution in [2.24, 2.45) is 0 Å². The van der Waals surface area contributed by atoms with Gasteiger partial charge in [0.15, 0.2) is 0 Å². The molecule has 22 heavy (non-hydrogen) atoms. The summed E-state index contributed by atoms with van der Waals surface area (Å²) >= 11 is 0. The van der Waals surface area contributed by atoms with Crippen molar-refractivity contribution in [3.8, 4) is 16.9 Å². The molecule has 0 bridgehead atoms. The molecule has 2 N–H and O–H groups in total. The predicted octanol–water partition coefficient (Wildman–Crippen LogP) is 5.00. The molecule has 0 spiro atoms. The minimum atomic E-state index is 0.226. The van der Waals surface area contributed by atoms with Crippen LogP contribution < -0.4 is 5.32 Å². The summed E-state index contributed by atoms with van der Waals surface area (Å²) in [5, 5.41) is 15.1. The van der Waals surface area contributed by atoms with E-state index in [1.165, 1.54) is 0 Å². The number of hydrogen-bond donors (Lipinski definition) is 2. The number of anilines is 1. The molecule has 0 aliphatic heterocycles. The number of benzene rings is 3. The fraction of sp³-hybridized carbons (Fsp3) is 0.0526. The van der Waals surface area contributed by atoms with E-state index in [1.54, 1.807) is 7.05 Å². The second-order valence-electron chi connectivity index (χ2n) is 5.24. The molecule has 0 atom stereocenters. The van der Waals surface area contributed by atoms with Crippen LogP contribution in [0.3, 0.4) is 0 Å². The lowest BCUT2D eigenvalue weighted by molar-refractivity contribution is 0.483. The highest BCUT2D eigenvalue weighted by Crippen LogP contribution is 2.42. The van der Waals surface area contributed by atoms with Crippen molar-refractivity contribution < 1.29 is 9.52 Å². The van der Waals surface area contributed by atoms with Gasteiger partial charge >= 0.3 is 0 Å². The van der Waals surface area contributed by atoms with Crippen LogP contribution in [0.4, 0.5) is 5.69 Å². The molecule has 108 valence electrons. The summed E-state index contributed by atoms with van der Waals surface area (Å²) in [5.41, 5.74) is 4.31. The van der Waals surface area contributed by atoms with Crippen LogP contribution in [0.2, 0.25) is 0 Å². The summed E-state index contributed by atoms with van der Waals surface area (Å²) < 4.78 is 6.03.